The van der Waals surface area contributed by atoms with Gasteiger partial charge in [-0.05, 0) is 25.7 Å². The molecule has 94 valence electrons. The third-order valence-electron chi connectivity index (χ3n) is 3.35. The summed E-state index contributed by atoms with van der Waals surface area (Å²) >= 11 is 0. The van der Waals surface area contributed by atoms with E-state index >= 15 is 0 Å². The Morgan fingerprint density at radius 3 is 2.94 bits per heavy atom. The van der Waals surface area contributed by atoms with Gasteiger partial charge in [0, 0.05) is 32.7 Å². The minimum Gasteiger partial charge on any atom is -0.385 e. The number of amides is 1. The number of methoxy groups -OCH3 is 1. The fraction of sp³-hybridized carbons (Fsp3) is 0.923. The first-order valence-corrected chi connectivity index (χ1v) is 6.58. The summed E-state index contributed by atoms with van der Waals surface area (Å²) in [7, 11) is 1.72. The minimum absolute atomic E-state index is 0.354. The molecule has 0 aromatic rings. The molecule has 3 heteroatoms. The maximum Gasteiger partial charge on any atom is 0.222 e. The zero-order chi connectivity index (χ0) is 11.8. The number of ether oxygens (including phenoxy) is 1. The van der Waals surface area contributed by atoms with E-state index in [1.54, 1.807) is 7.11 Å². The van der Waals surface area contributed by atoms with E-state index in [1.165, 1.54) is 12.8 Å². The summed E-state index contributed by atoms with van der Waals surface area (Å²) in [4.78, 5) is 14.1. The third-order valence-corrected chi connectivity index (χ3v) is 3.35. The molecule has 16 heavy (non-hydrogen) atoms. The van der Waals surface area contributed by atoms with Crippen molar-refractivity contribution in [2.45, 2.75) is 57.9 Å². The van der Waals surface area contributed by atoms with Crippen LogP contribution >= 0.6 is 0 Å². The van der Waals surface area contributed by atoms with E-state index in [1.807, 2.05) is 0 Å². The highest BCUT2D eigenvalue weighted by molar-refractivity contribution is 5.76. The first kappa shape index (κ1) is 13.5. The molecule has 0 aromatic carbocycles. The Kier molecular flexibility index (Phi) is 6.46. The maximum absolute atomic E-state index is 12.0. The average molecular weight is 227 g/mol. The van der Waals surface area contributed by atoms with Crippen LogP contribution in [0, 0.1) is 0 Å². The van der Waals surface area contributed by atoms with Crippen molar-refractivity contribution in [1.29, 1.82) is 0 Å². The summed E-state index contributed by atoms with van der Waals surface area (Å²) in [6.45, 7) is 3.89. The Balaban J connectivity index is 2.29. The van der Waals surface area contributed by atoms with E-state index in [9.17, 15) is 4.79 Å². The molecular formula is C13H25NO2. The summed E-state index contributed by atoms with van der Waals surface area (Å²) in [6.07, 6.45) is 7.44. The number of carbonyl (C=O) groups excluding carboxylic acids is 1. The van der Waals surface area contributed by atoms with Crippen molar-refractivity contribution in [3.63, 3.8) is 0 Å². The van der Waals surface area contributed by atoms with Crippen LogP contribution < -0.4 is 0 Å². The van der Waals surface area contributed by atoms with Crippen molar-refractivity contribution < 1.29 is 9.53 Å². The van der Waals surface area contributed by atoms with E-state index in [-0.39, 0.29) is 0 Å². The van der Waals surface area contributed by atoms with Crippen LogP contribution in [0.25, 0.3) is 0 Å². The summed E-state index contributed by atoms with van der Waals surface area (Å²) in [5, 5.41) is 0. The molecule has 0 aromatic heterocycles. The van der Waals surface area contributed by atoms with E-state index in [0.29, 0.717) is 11.9 Å². The lowest BCUT2D eigenvalue weighted by molar-refractivity contribution is -0.132. The van der Waals surface area contributed by atoms with Gasteiger partial charge in [0.25, 0.3) is 0 Å². The topological polar surface area (TPSA) is 29.5 Å². The van der Waals surface area contributed by atoms with Crippen molar-refractivity contribution in [1.82, 2.24) is 4.90 Å². The Morgan fingerprint density at radius 1 is 1.44 bits per heavy atom. The van der Waals surface area contributed by atoms with Gasteiger partial charge in [-0.15, -0.1) is 0 Å². The molecule has 0 aliphatic carbocycles. The van der Waals surface area contributed by atoms with Gasteiger partial charge in [0.05, 0.1) is 0 Å². The van der Waals surface area contributed by atoms with Crippen molar-refractivity contribution >= 4 is 5.91 Å². The number of rotatable bonds is 7. The van der Waals surface area contributed by atoms with Crippen LogP contribution in [-0.2, 0) is 9.53 Å². The standard InChI is InChI=1S/C13H25NO2/c1-3-4-5-8-13(15)14-10-6-7-12(14)9-11-16-2/h12H,3-11H2,1-2H3. The van der Waals surface area contributed by atoms with E-state index < -0.39 is 0 Å². The van der Waals surface area contributed by atoms with Gasteiger partial charge in [0.15, 0.2) is 0 Å². The summed E-state index contributed by atoms with van der Waals surface area (Å²) in [5.74, 6) is 0.354. The van der Waals surface area contributed by atoms with Crippen molar-refractivity contribution in [2.75, 3.05) is 20.3 Å². The summed E-state index contributed by atoms with van der Waals surface area (Å²) < 4.78 is 5.09. The van der Waals surface area contributed by atoms with Gasteiger partial charge in [-0.1, -0.05) is 19.8 Å². The largest absolute Gasteiger partial charge is 0.385 e. The van der Waals surface area contributed by atoms with Gasteiger partial charge in [0.2, 0.25) is 5.91 Å². The predicted octanol–water partition coefficient (Wildman–Crippen LogP) is 2.59. The molecule has 0 N–H and O–H groups in total. The van der Waals surface area contributed by atoms with Crippen molar-refractivity contribution in [3.05, 3.63) is 0 Å². The third kappa shape index (κ3) is 4.12. The van der Waals surface area contributed by atoms with Crippen LogP contribution in [0.5, 0.6) is 0 Å². The lowest BCUT2D eigenvalue weighted by Crippen LogP contribution is -2.36. The van der Waals surface area contributed by atoms with Gasteiger partial charge in [-0.2, -0.15) is 0 Å². The van der Waals surface area contributed by atoms with Gasteiger partial charge in [-0.25, -0.2) is 0 Å². The van der Waals surface area contributed by atoms with Crippen LogP contribution in [0.4, 0.5) is 0 Å². The smallest absolute Gasteiger partial charge is 0.222 e. The molecule has 1 heterocycles. The highest BCUT2D eigenvalue weighted by Crippen LogP contribution is 2.21. The molecule has 3 nitrogen and oxygen atoms in total. The van der Waals surface area contributed by atoms with E-state index in [2.05, 4.69) is 11.8 Å². The van der Waals surface area contributed by atoms with Crippen LogP contribution in [-0.4, -0.2) is 37.1 Å². The molecule has 0 spiro atoms. The van der Waals surface area contributed by atoms with Crippen molar-refractivity contribution in [3.8, 4) is 0 Å². The molecule has 1 fully saturated rings. The molecule has 1 atom stereocenters. The van der Waals surface area contributed by atoms with Gasteiger partial charge in [-0.3, -0.25) is 4.79 Å². The van der Waals surface area contributed by atoms with Crippen LogP contribution in [0.15, 0.2) is 0 Å². The number of hydrogen-bond acceptors (Lipinski definition) is 2. The highest BCUT2D eigenvalue weighted by Gasteiger charge is 2.27. The van der Waals surface area contributed by atoms with E-state index in [0.717, 1.165) is 45.3 Å². The molecule has 1 aliphatic heterocycles. The Labute approximate surface area is 99.1 Å². The molecule has 0 radical (unpaired) electrons. The number of carbonyl (C=O) groups is 1. The summed E-state index contributed by atoms with van der Waals surface area (Å²) in [5.41, 5.74) is 0. The molecule has 0 bridgehead atoms. The summed E-state index contributed by atoms with van der Waals surface area (Å²) in [6, 6.07) is 0.439. The molecule has 0 saturated carbocycles. The highest BCUT2D eigenvalue weighted by atomic mass is 16.5. The Bertz CT molecular complexity index is 206. The molecule has 1 aliphatic rings. The first-order valence-electron chi connectivity index (χ1n) is 6.58. The molecular weight excluding hydrogens is 202 g/mol. The SMILES string of the molecule is CCCCCC(=O)N1CCCC1CCOC. The second kappa shape index (κ2) is 7.66. The van der Waals surface area contributed by atoms with Gasteiger partial charge in [0.1, 0.15) is 0 Å². The van der Waals surface area contributed by atoms with Crippen LogP contribution in [0.2, 0.25) is 0 Å². The molecule has 1 saturated heterocycles. The number of nitrogens with zero attached hydrogens (tertiary/aromatic N) is 1. The molecule has 1 rings (SSSR count). The number of likely N-dealkylation sites (tertiary alicyclic amines) is 1. The zero-order valence-electron chi connectivity index (χ0n) is 10.7. The Hall–Kier alpha value is -0.570. The first-order chi connectivity index (χ1) is 7.79. The monoisotopic (exact) mass is 227 g/mol. The normalized spacial score (nSPS) is 20.4. The fourth-order valence-corrected chi connectivity index (χ4v) is 2.39. The Morgan fingerprint density at radius 2 is 2.25 bits per heavy atom. The van der Waals surface area contributed by atoms with Crippen LogP contribution in [0.3, 0.4) is 0 Å². The fourth-order valence-electron chi connectivity index (χ4n) is 2.39. The number of hydrogen-bond donors (Lipinski definition) is 0. The second-order valence-corrected chi connectivity index (χ2v) is 4.62. The van der Waals surface area contributed by atoms with Gasteiger partial charge < -0.3 is 9.64 Å². The van der Waals surface area contributed by atoms with Crippen molar-refractivity contribution in [2.24, 2.45) is 0 Å². The molecule has 1 unspecified atom stereocenters. The second-order valence-electron chi connectivity index (χ2n) is 4.62. The van der Waals surface area contributed by atoms with Gasteiger partial charge >= 0.3 is 0 Å². The maximum atomic E-state index is 12.0. The van der Waals surface area contributed by atoms with Crippen LogP contribution in [0.1, 0.15) is 51.9 Å². The molecule has 1 amide bonds. The van der Waals surface area contributed by atoms with E-state index in [4.69, 9.17) is 4.74 Å². The zero-order valence-corrected chi connectivity index (χ0v) is 10.7. The minimum atomic E-state index is 0.354. The lowest BCUT2D eigenvalue weighted by atomic mass is 10.1. The quantitative estimate of drug-likeness (QED) is 0.626. The number of unbranched alkanes of at least 4 members (excludes halogenated alkanes) is 2. The average Bonchev–Trinajstić information content (AvgIpc) is 2.74. The lowest BCUT2D eigenvalue weighted by Gasteiger charge is -2.24. The predicted molar refractivity (Wildman–Crippen MR) is 65.4 cm³/mol.